The van der Waals surface area contributed by atoms with E-state index < -0.39 is 0 Å². The van der Waals surface area contributed by atoms with Crippen LogP contribution >= 0.6 is 11.6 Å². The van der Waals surface area contributed by atoms with Crippen molar-refractivity contribution in [1.82, 2.24) is 0 Å². The van der Waals surface area contributed by atoms with E-state index in [2.05, 4.69) is 5.32 Å². The van der Waals surface area contributed by atoms with Crippen LogP contribution in [0.4, 0.5) is 5.69 Å². The number of rotatable bonds is 4. The monoisotopic (exact) mass is 355 g/mol. The minimum absolute atomic E-state index is 0.221. The molecule has 0 unspecified atom stereocenters. The first-order chi connectivity index (χ1) is 12.0. The molecule has 1 heterocycles. The maximum absolute atomic E-state index is 12.3. The smallest absolute Gasteiger partial charge is 0.248 e. The van der Waals surface area contributed by atoms with Gasteiger partial charge in [0.25, 0.3) is 0 Å². The zero-order valence-corrected chi connectivity index (χ0v) is 15.0. The molecule has 2 aromatic carbocycles. The van der Waals surface area contributed by atoms with Crippen molar-refractivity contribution >= 4 is 39.7 Å². The van der Waals surface area contributed by atoms with Crippen molar-refractivity contribution < 1.29 is 13.9 Å². The summed E-state index contributed by atoms with van der Waals surface area (Å²) in [6.45, 7) is 3.75. The van der Waals surface area contributed by atoms with Crippen molar-refractivity contribution in [2.24, 2.45) is 0 Å². The quantitative estimate of drug-likeness (QED) is 0.633. The van der Waals surface area contributed by atoms with Crippen molar-refractivity contribution in [2.45, 2.75) is 13.8 Å². The van der Waals surface area contributed by atoms with Crippen LogP contribution in [-0.4, -0.2) is 13.0 Å². The fourth-order valence-corrected chi connectivity index (χ4v) is 3.00. The molecule has 0 radical (unpaired) electrons. The second kappa shape index (κ2) is 7.03. The maximum atomic E-state index is 12.3. The lowest BCUT2D eigenvalue weighted by molar-refractivity contribution is -0.111. The maximum Gasteiger partial charge on any atom is 0.248 e. The number of carbonyl (C=O) groups is 1. The van der Waals surface area contributed by atoms with Gasteiger partial charge in [-0.2, -0.15) is 0 Å². The molecule has 0 aliphatic carbocycles. The van der Waals surface area contributed by atoms with Gasteiger partial charge in [0.2, 0.25) is 5.91 Å². The lowest BCUT2D eigenvalue weighted by Crippen LogP contribution is -2.08. The first-order valence-corrected chi connectivity index (χ1v) is 8.18. The molecule has 5 heteroatoms. The number of nitrogens with one attached hydrogen (secondary N) is 1. The summed E-state index contributed by atoms with van der Waals surface area (Å²) in [5.74, 6) is 1.21. The van der Waals surface area contributed by atoms with Crippen LogP contribution in [0.25, 0.3) is 16.5 Å². The van der Waals surface area contributed by atoms with Crippen LogP contribution in [0.15, 0.2) is 53.0 Å². The Kier molecular flexibility index (Phi) is 4.81. The Morgan fingerprint density at radius 3 is 2.80 bits per heavy atom. The van der Waals surface area contributed by atoms with Crippen LogP contribution < -0.4 is 10.1 Å². The summed E-state index contributed by atoms with van der Waals surface area (Å²) < 4.78 is 10.9. The van der Waals surface area contributed by atoms with Crippen molar-refractivity contribution in [2.75, 3.05) is 12.4 Å². The molecule has 3 rings (SSSR count). The summed E-state index contributed by atoms with van der Waals surface area (Å²) in [5.41, 5.74) is 3.11. The van der Waals surface area contributed by atoms with Gasteiger partial charge in [-0.1, -0.05) is 17.7 Å². The Morgan fingerprint density at radius 1 is 1.24 bits per heavy atom. The van der Waals surface area contributed by atoms with Gasteiger partial charge < -0.3 is 14.5 Å². The van der Waals surface area contributed by atoms with Gasteiger partial charge in [0.15, 0.2) is 0 Å². The van der Waals surface area contributed by atoms with Gasteiger partial charge in [0, 0.05) is 33.8 Å². The van der Waals surface area contributed by atoms with Crippen molar-refractivity contribution in [1.29, 1.82) is 0 Å². The molecule has 0 bridgehead atoms. The molecule has 0 saturated carbocycles. The van der Waals surface area contributed by atoms with Crippen LogP contribution in [0, 0.1) is 6.92 Å². The van der Waals surface area contributed by atoms with Crippen LogP contribution in [-0.2, 0) is 4.79 Å². The van der Waals surface area contributed by atoms with Crippen molar-refractivity contribution in [3.63, 3.8) is 0 Å². The molecule has 128 valence electrons. The standard InChI is InChI=1S/C20H18ClNO3/c1-12(9-19(23)22-15-5-4-6-16(11-15)24-3)20-13(2)25-18-8-7-14(21)10-17(18)20/h4-11H,1-3H3,(H,22,23). The van der Waals surface area contributed by atoms with Gasteiger partial charge in [0.05, 0.1) is 7.11 Å². The van der Waals surface area contributed by atoms with E-state index in [-0.39, 0.29) is 5.91 Å². The summed E-state index contributed by atoms with van der Waals surface area (Å²) in [4.78, 5) is 12.3. The highest BCUT2D eigenvalue weighted by atomic mass is 35.5. The molecular weight excluding hydrogens is 338 g/mol. The molecular formula is C20H18ClNO3. The lowest BCUT2D eigenvalue weighted by atomic mass is 10.0. The number of hydrogen-bond acceptors (Lipinski definition) is 3. The summed E-state index contributed by atoms with van der Waals surface area (Å²) >= 11 is 6.09. The van der Waals surface area contributed by atoms with Gasteiger partial charge in [0.1, 0.15) is 17.1 Å². The number of benzene rings is 2. The second-order valence-corrected chi connectivity index (χ2v) is 6.16. The zero-order chi connectivity index (χ0) is 18.0. The van der Waals surface area contributed by atoms with Gasteiger partial charge in [-0.15, -0.1) is 0 Å². The van der Waals surface area contributed by atoms with E-state index in [1.807, 2.05) is 44.2 Å². The van der Waals surface area contributed by atoms with E-state index in [1.54, 1.807) is 25.3 Å². The summed E-state index contributed by atoms with van der Waals surface area (Å²) in [5, 5.41) is 4.36. The largest absolute Gasteiger partial charge is 0.497 e. The molecule has 1 amide bonds. The average molecular weight is 356 g/mol. The zero-order valence-electron chi connectivity index (χ0n) is 14.2. The molecule has 0 aliphatic heterocycles. The number of furan rings is 1. The number of amides is 1. The van der Waals surface area contributed by atoms with Crippen LogP contribution in [0.1, 0.15) is 18.2 Å². The number of ether oxygens (including phenoxy) is 1. The molecule has 0 fully saturated rings. The molecule has 0 saturated heterocycles. The predicted molar refractivity (Wildman–Crippen MR) is 101 cm³/mol. The Labute approximate surface area is 151 Å². The topological polar surface area (TPSA) is 51.5 Å². The SMILES string of the molecule is COc1cccc(NC(=O)C=C(C)c2c(C)oc3ccc(Cl)cc23)c1. The Morgan fingerprint density at radius 2 is 2.04 bits per heavy atom. The molecule has 25 heavy (non-hydrogen) atoms. The average Bonchev–Trinajstić information content (AvgIpc) is 2.89. The molecule has 1 N–H and O–H groups in total. The van der Waals surface area contributed by atoms with E-state index >= 15 is 0 Å². The highest BCUT2D eigenvalue weighted by molar-refractivity contribution is 6.31. The Bertz CT molecular complexity index is 972. The number of hydrogen-bond donors (Lipinski definition) is 1. The number of halogens is 1. The summed E-state index contributed by atoms with van der Waals surface area (Å²) in [7, 11) is 1.59. The minimum Gasteiger partial charge on any atom is -0.497 e. The van der Waals surface area contributed by atoms with E-state index in [9.17, 15) is 4.79 Å². The lowest BCUT2D eigenvalue weighted by Gasteiger charge is -2.06. The van der Waals surface area contributed by atoms with Gasteiger partial charge in [-0.25, -0.2) is 0 Å². The third kappa shape index (κ3) is 3.69. The summed E-state index contributed by atoms with van der Waals surface area (Å²) in [6.07, 6.45) is 1.55. The van der Waals surface area contributed by atoms with Gasteiger partial charge >= 0.3 is 0 Å². The third-order valence-electron chi connectivity index (χ3n) is 3.91. The van der Waals surface area contributed by atoms with E-state index in [0.717, 1.165) is 27.9 Å². The number of fused-ring (bicyclic) bond motifs is 1. The van der Waals surface area contributed by atoms with Crippen LogP contribution in [0.5, 0.6) is 5.75 Å². The van der Waals surface area contributed by atoms with E-state index in [0.29, 0.717) is 16.5 Å². The third-order valence-corrected chi connectivity index (χ3v) is 4.14. The normalized spacial score (nSPS) is 11.6. The number of methoxy groups -OCH3 is 1. The Balaban J connectivity index is 1.89. The molecule has 4 nitrogen and oxygen atoms in total. The van der Waals surface area contributed by atoms with Gasteiger partial charge in [-0.05, 0) is 49.8 Å². The minimum atomic E-state index is -0.221. The number of aryl methyl sites for hydroxylation is 1. The number of allylic oxidation sites excluding steroid dienone is 1. The first-order valence-electron chi connectivity index (χ1n) is 7.80. The fraction of sp³-hybridized carbons (Fsp3) is 0.150. The van der Waals surface area contributed by atoms with Crippen LogP contribution in [0.2, 0.25) is 5.02 Å². The summed E-state index contributed by atoms with van der Waals surface area (Å²) in [6, 6.07) is 12.7. The first kappa shape index (κ1) is 17.1. The highest BCUT2D eigenvalue weighted by Crippen LogP contribution is 2.32. The van der Waals surface area contributed by atoms with Crippen molar-refractivity contribution in [3.05, 3.63) is 64.9 Å². The molecule has 3 aromatic rings. The second-order valence-electron chi connectivity index (χ2n) is 5.72. The number of carbonyl (C=O) groups excluding carboxylic acids is 1. The predicted octanol–water partition coefficient (Wildman–Crippen LogP) is 5.45. The van der Waals surface area contributed by atoms with Crippen LogP contribution in [0.3, 0.4) is 0 Å². The number of anilines is 1. The fourth-order valence-electron chi connectivity index (χ4n) is 2.83. The van der Waals surface area contributed by atoms with Gasteiger partial charge in [-0.3, -0.25) is 4.79 Å². The molecule has 0 aliphatic rings. The highest BCUT2D eigenvalue weighted by Gasteiger charge is 2.14. The Hall–Kier alpha value is -2.72. The molecule has 0 atom stereocenters. The van der Waals surface area contributed by atoms with Crippen molar-refractivity contribution in [3.8, 4) is 5.75 Å². The molecule has 1 aromatic heterocycles. The molecule has 0 spiro atoms. The van der Waals surface area contributed by atoms with E-state index in [1.165, 1.54) is 0 Å². The van der Waals surface area contributed by atoms with E-state index in [4.69, 9.17) is 20.8 Å².